The molecule has 1 aromatic heterocycles. The number of nitrogens with zero attached hydrogens (tertiary/aromatic N) is 3. The Bertz CT molecular complexity index is 892. The van der Waals surface area contributed by atoms with Gasteiger partial charge in [-0.3, -0.25) is 30.3 Å². The number of hydrazine groups is 1. The van der Waals surface area contributed by atoms with E-state index in [2.05, 4.69) is 15.8 Å². The van der Waals surface area contributed by atoms with E-state index in [1.165, 1.54) is 16.2 Å². The number of hydroxylamine groups is 2. The Labute approximate surface area is 167 Å². The summed E-state index contributed by atoms with van der Waals surface area (Å²) in [6.45, 7) is 0.706. The molecule has 0 saturated carbocycles. The summed E-state index contributed by atoms with van der Waals surface area (Å²) in [6, 6.07) is 11.7. The molecule has 2 saturated heterocycles. The molecule has 0 unspecified atom stereocenters. The highest BCUT2D eigenvalue weighted by molar-refractivity contribution is 5.96. The van der Waals surface area contributed by atoms with E-state index in [0.29, 0.717) is 24.9 Å². The average molecular weight is 395 g/mol. The van der Waals surface area contributed by atoms with E-state index in [-0.39, 0.29) is 18.7 Å². The third-order valence-electron chi connectivity index (χ3n) is 5.06. The Kier molecular flexibility index (Phi) is 5.39. The van der Waals surface area contributed by atoms with E-state index < -0.39 is 17.9 Å². The Balaban J connectivity index is 1.33. The van der Waals surface area contributed by atoms with E-state index in [0.717, 1.165) is 5.56 Å². The first kappa shape index (κ1) is 18.9. The van der Waals surface area contributed by atoms with E-state index in [1.54, 1.807) is 18.3 Å². The number of piperidine rings is 1. The van der Waals surface area contributed by atoms with Crippen LogP contribution in [-0.2, 0) is 16.2 Å². The molecule has 0 radical (unpaired) electrons. The lowest BCUT2D eigenvalue weighted by Crippen LogP contribution is -2.54. The minimum Gasteiger partial charge on any atom is -0.309 e. The number of nitrogens with one attached hydrogen (secondary N) is 2. The van der Waals surface area contributed by atoms with Gasteiger partial charge in [-0.05, 0) is 30.5 Å². The third-order valence-corrected chi connectivity index (χ3v) is 5.06. The highest BCUT2D eigenvalue weighted by atomic mass is 16.7. The van der Waals surface area contributed by atoms with Gasteiger partial charge in [0, 0.05) is 18.9 Å². The van der Waals surface area contributed by atoms with Crippen LogP contribution in [0.1, 0.15) is 28.8 Å². The van der Waals surface area contributed by atoms with E-state index in [4.69, 9.17) is 4.84 Å². The molecule has 0 aliphatic carbocycles. The Morgan fingerprint density at radius 2 is 1.93 bits per heavy atom. The topological polar surface area (TPSA) is 104 Å². The molecule has 9 heteroatoms. The number of hydrogen-bond donors (Lipinski definition) is 2. The molecule has 9 nitrogen and oxygen atoms in total. The van der Waals surface area contributed by atoms with Crippen molar-refractivity contribution >= 4 is 17.8 Å². The molecule has 2 fully saturated rings. The number of rotatable bonds is 5. The smallest absolute Gasteiger partial charge is 0.309 e. The third kappa shape index (κ3) is 4.04. The summed E-state index contributed by atoms with van der Waals surface area (Å²) in [5, 5.41) is 1.37. The Morgan fingerprint density at radius 1 is 1.10 bits per heavy atom. The number of hydrogen-bond acceptors (Lipinski definition) is 5. The molecule has 2 N–H and O–H groups in total. The maximum Gasteiger partial charge on any atom is 0.345 e. The van der Waals surface area contributed by atoms with E-state index >= 15 is 0 Å². The molecule has 4 amide bonds. The quantitative estimate of drug-likeness (QED) is 0.742. The van der Waals surface area contributed by atoms with Gasteiger partial charge in [-0.1, -0.05) is 30.3 Å². The van der Waals surface area contributed by atoms with E-state index in [9.17, 15) is 14.4 Å². The minimum absolute atomic E-state index is 0.0831. The number of carbonyl (C=O) groups is 3. The number of amides is 4. The SMILES string of the molecule is O=C(NNC(=O)[C@@H]1CC[C@@H]2CN1C(=O)N2OCc1ccccc1)c1cccnc1. The molecule has 2 aliphatic heterocycles. The van der Waals surface area contributed by atoms with Crippen molar-refractivity contribution in [2.75, 3.05) is 6.54 Å². The fourth-order valence-corrected chi connectivity index (χ4v) is 3.56. The number of urea groups is 1. The normalized spacial score (nSPS) is 20.5. The van der Waals surface area contributed by atoms with Gasteiger partial charge in [0.2, 0.25) is 0 Å². The molecule has 4 rings (SSSR count). The fraction of sp³-hybridized carbons (Fsp3) is 0.300. The average Bonchev–Trinajstić information content (AvgIpc) is 3.01. The number of benzene rings is 1. The molecule has 2 aliphatic rings. The van der Waals surface area contributed by atoms with Crippen molar-refractivity contribution in [2.24, 2.45) is 0 Å². The van der Waals surface area contributed by atoms with Crippen molar-refractivity contribution in [3.8, 4) is 0 Å². The number of aromatic nitrogens is 1. The van der Waals surface area contributed by atoms with Crippen molar-refractivity contribution in [1.29, 1.82) is 0 Å². The van der Waals surface area contributed by atoms with Crippen LogP contribution < -0.4 is 10.9 Å². The van der Waals surface area contributed by atoms with Crippen molar-refractivity contribution in [3.63, 3.8) is 0 Å². The van der Waals surface area contributed by atoms with Crippen molar-refractivity contribution in [3.05, 3.63) is 66.0 Å². The molecule has 150 valence electrons. The predicted molar refractivity (Wildman–Crippen MR) is 102 cm³/mol. The first-order valence-electron chi connectivity index (χ1n) is 9.40. The zero-order valence-electron chi connectivity index (χ0n) is 15.7. The van der Waals surface area contributed by atoms with Gasteiger partial charge in [0.1, 0.15) is 12.6 Å². The summed E-state index contributed by atoms with van der Waals surface area (Å²) in [5.41, 5.74) is 6.06. The van der Waals surface area contributed by atoms with E-state index in [1.807, 2.05) is 30.3 Å². The zero-order chi connectivity index (χ0) is 20.2. The zero-order valence-corrected chi connectivity index (χ0v) is 15.7. The number of carbonyl (C=O) groups excluding carboxylic acids is 3. The molecular formula is C20H21N5O4. The maximum absolute atomic E-state index is 12.7. The second kappa shape index (κ2) is 8.27. The predicted octanol–water partition coefficient (Wildman–Crippen LogP) is 1.24. The van der Waals surface area contributed by atoms with Gasteiger partial charge in [-0.15, -0.1) is 0 Å². The summed E-state index contributed by atoms with van der Waals surface area (Å²) in [5.74, 6) is -0.903. The first-order chi connectivity index (χ1) is 14.1. The summed E-state index contributed by atoms with van der Waals surface area (Å²) in [6.07, 6.45) is 4.10. The molecule has 2 atom stereocenters. The maximum atomic E-state index is 12.7. The molecule has 3 heterocycles. The van der Waals surface area contributed by atoms with Crippen LogP contribution in [0.25, 0.3) is 0 Å². The Hall–Kier alpha value is -3.46. The standard InChI is InChI=1S/C20H21N5O4/c26-18(15-7-4-10-21-11-15)22-23-19(27)17-9-8-16-12-24(17)20(28)25(16)29-13-14-5-2-1-3-6-14/h1-7,10-11,16-17H,8-9,12-13H2,(H,22,26)(H,23,27)/t16-,17+/m1/s1. The van der Waals surface area contributed by atoms with Crippen LogP contribution in [0.2, 0.25) is 0 Å². The van der Waals surface area contributed by atoms with Crippen LogP contribution in [0.4, 0.5) is 4.79 Å². The number of fused-ring (bicyclic) bond motifs is 2. The highest BCUT2D eigenvalue weighted by Gasteiger charge is 2.48. The molecular weight excluding hydrogens is 374 g/mol. The van der Waals surface area contributed by atoms with Crippen LogP contribution in [0.5, 0.6) is 0 Å². The second-order valence-corrected chi connectivity index (χ2v) is 6.95. The van der Waals surface area contributed by atoms with Gasteiger partial charge in [0.05, 0.1) is 11.6 Å². The van der Waals surface area contributed by atoms with Crippen molar-refractivity contribution in [2.45, 2.75) is 31.5 Å². The van der Waals surface area contributed by atoms with Crippen LogP contribution in [0, 0.1) is 0 Å². The van der Waals surface area contributed by atoms with Gasteiger partial charge in [0.15, 0.2) is 0 Å². The fourth-order valence-electron chi connectivity index (χ4n) is 3.56. The second-order valence-electron chi connectivity index (χ2n) is 6.95. The lowest BCUT2D eigenvalue weighted by Gasteiger charge is -2.29. The lowest BCUT2D eigenvalue weighted by atomic mass is 10.0. The summed E-state index contributed by atoms with van der Waals surface area (Å²) < 4.78 is 0. The minimum atomic E-state index is -0.654. The molecule has 0 spiro atoms. The van der Waals surface area contributed by atoms with Gasteiger partial charge in [-0.2, -0.15) is 5.06 Å². The van der Waals surface area contributed by atoms with Gasteiger partial charge in [0.25, 0.3) is 11.8 Å². The summed E-state index contributed by atoms with van der Waals surface area (Å²) >= 11 is 0. The number of pyridine rings is 1. The van der Waals surface area contributed by atoms with Crippen LogP contribution in [0.15, 0.2) is 54.9 Å². The molecule has 1 aromatic carbocycles. The van der Waals surface area contributed by atoms with Crippen LogP contribution in [0.3, 0.4) is 0 Å². The molecule has 2 bridgehead atoms. The largest absolute Gasteiger partial charge is 0.345 e. The van der Waals surface area contributed by atoms with Crippen LogP contribution in [-0.4, -0.2) is 51.4 Å². The van der Waals surface area contributed by atoms with Crippen molar-refractivity contribution < 1.29 is 19.2 Å². The Morgan fingerprint density at radius 3 is 2.69 bits per heavy atom. The lowest BCUT2D eigenvalue weighted by molar-refractivity contribution is -0.140. The molecule has 29 heavy (non-hydrogen) atoms. The van der Waals surface area contributed by atoms with Gasteiger partial charge in [-0.25, -0.2) is 4.79 Å². The molecule has 2 aromatic rings. The summed E-state index contributed by atoms with van der Waals surface area (Å²) in [4.78, 5) is 48.4. The summed E-state index contributed by atoms with van der Waals surface area (Å²) in [7, 11) is 0. The first-order valence-corrected chi connectivity index (χ1v) is 9.40. The van der Waals surface area contributed by atoms with Gasteiger partial charge >= 0.3 is 6.03 Å². The van der Waals surface area contributed by atoms with Gasteiger partial charge < -0.3 is 4.90 Å². The highest BCUT2D eigenvalue weighted by Crippen LogP contribution is 2.30. The van der Waals surface area contributed by atoms with Crippen LogP contribution >= 0.6 is 0 Å². The van der Waals surface area contributed by atoms with Crippen molar-refractivity contribution in [1.82, 2.24) is 25.8 Å². The monoisotopic (exact) mass is 395 g/mol.